The van der Waals surface area contributed by atoms with Gasteiger partial charge in [0.25, 0.3) is 0 Å². The number of ether oxygens (including phenoxy) is 2. The molecule has 8 heteroatoms. The molecule has 0 unspecified atom stereocenters. The predicted octanol–water partition coefficient (Wildman–Crippen LogP) is 6.27. The van der Waals surface area contributed by atoms with E-state index in [2.05, 4.69) is 27.9 Å². The van der Waals surface area contributed by atoms with E-state index < -0.39 is 24.3 Å². The lowest BCUT2D eigenvalue weighted by atomic mass is 9.99. The minimum atomic E-state index is -1.04. The standard InChI is InChI=1S/C26H26INO6/c1-2-33-23(12-5-6-13-24(30)31)25(20-16-18(27)14-15-22(20)29)34-26(32)28-21-11-7-9-17-8-3-4-10-19(17)21/h3-4,6-11,13-16,23,25,29H,2,5,12H2,1H3,(H,28,32)(H,30,31)/b13-6+/t23-,25-/m0/s1. The van der Waals surface area contributed by atoms with Crippen LogP contribution in [0.3, 0.4) is 0 Å². The first-order valence-corrected chi connectivity index (χ1v) is 11.9. The van der Waals surface area contributed by atoms with Gasteiger partial charge in [-0.1, -0.05) is 42.5 Å². The van der Waals surface area contributed by atoms with Gasteiger partial charge in [0.05, 0.1) is 11.8 Å². The van der Waals surface area contributed by atoms with Crippen molar-refractivity contribution in [2.45, 2.75) is 32.0 Å². The molecule has 1 amide bonds. The smallest absolute Gasteiger partial charge is 0.412 e. The fraction of sp³-hybridized carbons (Fsp3) is 0.231. The highest BCUT2D eigenvalue weighted by Gasteiger charge is 2.30. The van der Waals surface area contributed by atoms with Crippen molar-refractivity contribution in [2.24, 2.45) is 0 Å². The van der Waals surface area contributed by atoms with Crippen LogP contribution in [0.5, 0.6) is 5.75 Å². The number of rotatable bonds is 10. The van der Waals surface area contributed by atoms with E-state index in [1.54, 1.807) is 24.3 Å². The summed E-state index contributed by atoms with van der Waals surface area (Å²) < 4.78 is 12.6. The molecule has 0 aromatic heterocycles. The van der Waals surface area contributed by atoms with Gasteiger partial charge in [-0.25, -0.2) is 9.59 Å². The fourth-order valence-electron chi connectivity index (χ4n) is 3.66. The van der Waals surface area contributed by atoms with Gasteiger partial charge < -0.3 is 19.7 Å². The van der Waals surface area contributed by atoms with Crippen molar-refractivity contribution in [3.05, 3.63) is 81.9 Å². The Morgan fingerprint density at radius 3 is 2.65 bits per heavy atom. The Hall–Kier alpha value is -3.11. The molecule has 3 N–H and O–H groups in total. The number of nitrogens with one attached hydrogen (secondary N) is 1. The van der Waals surface area contributed by atoms with Gasteiger partial charge >= 0.3 is 12.1 Å². The second-order valence-corrected chi connectivity index (χ2v) is 8.74. The Labute approximate surface area is 211 Å². The summed E-state index contributed by atoms with van der Waals surface area (Å²) in [5.74, 6) is -1.06. The molecule has 34 heavy (non-hydrogen) atoms. The topological polar surface area (TPSA) is 105 Å². The van der Waals surface area contributed by atoms with Gasteiger partial charge in [0.2, 0.25) is 0 Å². The van der Waals surface area contributed by atoms with Crippen LogP contribution >= 0.6 is 22.6 Å². The highest BCUT2D eigenvalue weighted by molar-refractivity contribution is 14.1. The molecule has 0 heterocycles. The molecular weight excluding hydrogens is 549 g/mol. The number of fused-ring (bicyclic) bond motifs is 1. The number of carboxylic acid groups (broad SMARTS) is 1. The summed E-state index contributed by atoms with van der Waals surface area (Å²) in [6.45, 7) is 2.17. The molecule has 0 bridgehead atoms. The number of benzene rings is 3. The first-order valence-electron chi connectivity index (χ1n) is 10.8. The van der Waals surface area contributed by atoms with E-state index in [4.69, 9.17) is 14.6 Å². The van der Waals surface area contributed by atoms with Crippen molar-refractivity contribution in [3.8, 4) is 5.75 Å². The van der Waals surface area contributed by atoms with Crippen molar-refractivity contribution in [3.63, 3.8) is 0 Å². The third kappa shape index (κ3) is 6.94. The Morgan fingerprint density at radius 2 is 1.88 bits per heavy atom. The highest BCUT2D eigenvalue weighted by Crippen LogP contribution is 2.34. The van der Waals surface area contributed by atoms with Crippen molar-refractivity contribution in [1.29, 1.82) is 0 Å². The molecule has 0 saturated heterocycles. The average molecular weight is 575 g/mol. The Kier molecular flexibility index (Phi) is 9.29. The maximum absolute atomic E-state index is 13.0. The van der Waals surface area contributed by atoms with Crippen molar-refractivity contribution in [1.82, 2.24) is 0 Å². The second kappa shape index (κ2) is 12.4. The first kappa shape index (κ1) is 25.5. The number of aromatic hydroxyl groups is 1. The normalized spacial score (nSPS) is 13.0. The molecule has 0 radical (unpaired) electrons. The third-order valence-corrected chi connectivity index (χ3v) is 5.82. The molecule has 0 aliphatic heterocycles. The van der Waals surface area contributed by atoms with E-state index in [-0.39, 0.29) is 5.75 Å². The van der Waals surface area contributed by atoms with Crippen LogP contribution in [-0.2, 0) is 14.3 Å². The van der Waals surface area contributed by atoms with E-state index in [1.807, 2.05) is 43.3 Å². The zero-order valence-corrected chi connectivity index (χ0v) is 20.8. The van der Waals surface area contributed by atoms with E-state index in [0.717, 1.165) is 20.4 Å². The zero-order valence-electron chi connectivity index (χ0n) is 18.6. The summed E-state index contributed by atoms with van der Waals surface area (Å²) in [6, 6.07) is 18.3. The number of halogens is 1. The molecule has 0 fully saturated rings. The van der Waals surface area contributed by atoms with Gasteiger partial charge in [0.15, 0.2) is 6.10 Å². The van der Waals surface area contributed by atoms with Crippen molar-refractivity contribution < 1.29 is 29.3 Å². The molecule has 0 aliphatic carbocycles. The lowest BCUT2D eigenvalue weighted by Gasteiger charge is -2.28. The van der Waals surface area contributed by atoms with Gasteiger partial charge in [0.1, 0.15) is 5.75 Å². The Bertz CT molecular complexity index is 1170. The number of phenols is 1. The molecule has 3 rings (SSSR count). The molecule has 2 atom stereocenters. The van der Waals surface area contributed by atoms with Crippen LogP contribution in [0.2, 0.25) is 0 Å². The van der Waals surface area contributed by atoms with E-state index >= 15 is 0 Å². The lowest BCUT2D eigenvalue weighted by Crippen LogP contribution is -2.29. The maximum atomic E-state index is 13.0. The molecular formula is C26H26INO6. The predicted molar refractivity (Wildman–Crippen MR) is 139 cm³/mol. The van der Waals surface area contributed by atoms with Gasteiger partial charge in [-0.05, 0) is 72.0 Å². The monoisotopic (exact) mass is 575 g/mol. The minimum Gasteiger partial charge on any atom is -0.508 e. The van der Waals surface area contributed by atoms with Crippen LogP contribution in [0.4, 0.5) is 10.5 Å². The van der Waals surface area contributed by atoms with Gasteiger partial charge in [-0.3, -0.25) is 5.32 Å². The van der Waals surface area contributed by atoms with Crippen LogP contribution in [0, 0.1) is 3.57 Å². The number of hydrogen-bond acceptors (Lipinski definition) is 5. The van der Waals surface area contributed by atoms with Crippen molar-refractivity contribution in [2.75, 3.05) is 11.9 Å². The molecule has 3 aromatic carbocycles. The van der Waals surface area contributed by atoms with Crippen LogP contribution < -0.4 is 5.32 Å². The largest absolute Gasteiger partial charge is 0.508 e. The maximum Gasteiger partial charge on any atom is 0.412 e. The molecule has 0 saturated carbocycles. The molecule has 0 spiro atoms. The summed E-state index contributed by atoms with van der Waals surface area (Å²) in [5.41, 5.74) is 1.02. The number of carboxylic acids is 1. The number of allylic oxidation sites excluding steroid dienone is 1. The number of phenolic OH excluding ortho intramolecular Hbond substituents is 1. The average Bonchev–Trinajstić information content (AvgIpc) is 2.81. The molecule has 178 valence electrons. The summed E-state index contributed by atoms with van der Waals surface area (Å²) >= 11 is 2.12. The summed E-state index contributed by atoms with van der Waals surface area (Å²) in [4.78, 5) is 23.8. The Morgan fingerprint density at radius 1 is 1.12 bits per heavy atom. The zero-order chi connectivity index (χ0) is 24.5. The first-order chi connectivity index (χ1) is 16.4. The molecule has 0 aliphatic rings. The summed E-state index contributed by atoms with van der Waals surface area (Å²) in [5, 5.41) is 24.0. The number of aliphatic carboxylic acids is 1. The van der Waals surface area contributed by atoms with Crippen LogP contribution in [-0.4, -0.2) is 35.0 Å². The molecule has 7 nitrogen and oxygen atoms in total. The number of amides is 1. The van der Waals surface area contributed by atoms with Crippen LogP contribution in [0.15, 0.2) is 72.8 Å². The van der Waals surface area contributed by atoms with E-state index in [9.17, 15) is 14.7 Å². The highest BCUT2D eigenvalue weighted by atomic mass is 127. The third-order valence-electron chi connectivity index (χ3n) is 5.15. The van der Waals surface area contributed by atoms with Gasteiger partial charge in [0, 0.05) is 27.2 Å². The molecule has 3 aromatic rings. The second-order valence-electron chi connectivity index (χ2n) is 7.49. The number of carbonyl (C=O) groups excluding carboxylic acids is 1. The lowest BCUT2D eigenvalue weighted by molar-refractivity contribution is -0.131. The number of hydrogen-bond donors (Lipinski definition) is 3. The van der Waals surface area contributed by atoms with Gasteiger partial charge in [-0.2, -0.15) is 0 Å². The van der Waals surface area contributed by atoms with Gasteiger partial charge in [-0.15, -0.1) is 0 Å². The van der Waals surface area contributed by atoms with Crippen LogP contribution in [0.1, 0.15) is 31.4 Å². The van der Waals surface area contributed by atoms with Crippen LogP contribution in [0.25, 0.3) is 10.8 Å². The SMILES string of the molecule is CCO[C@@H](CC/C=C/C(=O)O)[C@@H](OC(=O)Nc1cccc2ccccc12)c1cc(I)ccc1O. The Balaban J connectivity index is 1.88. The minimum absolute atomic E-state index is 0.0193. The van der Waals surface area contributed by atoms with Crippen molar-refractivity contribution >= 4 is 51.1 Å². The number of carbonyl (C=O) groups is 2. The fourth-order valence-corrected chi connectivity index (χ4v) is 4.18. The summed E-state index contributed by atoms with van der Waals surface area (Å²) in [6.07, 6.45) is 1.16. The quantitative estimate of drug-likeness (QED) is 0.195. The number of anilines is 1. The van der Waals surface area contributed by atoms with E-state index in [1.165, 1.54) is 6.08 Å². The summed E-state index contributed by atoms with van der Waals surface area (Å²) in [7, 11) is 0. The van der Waals surface area contributed by atoms with E-state index in [0.29, 0.717) is 30.7 Å².